The Hall–Kier alpha value is -2.04. The van der Waals surface area contributed by atoms with Gasteiger partial charge in [-0.05, 0) is 25.5 Å². The highest BCUT2D eigenvalue weighted by Crippen LogP contribution is 2.32. The van der Waals surface area contributed by atoms with Crippen LogP contribution >= 0.6 is 0 Å². The fourth-order valence-electron chi connectivity index (χ4n) is 1.52. The first kappa shape index (κ1) is 18.0. The van der Waals surface area contributed by atoms with Crippen molar-refractivity contribution >= 4 is 11.8 Å². The van der Waals surface area contributed by atoms with Gasteiger partial charge in [-0.2, -0.15) is 0 Å². The number of carbonyl (C=O) groups excluding carboxylic acids is 1. The Morgan fingerprint density at radius 3 is 2.10 bits per heavy atom. The van der Waals surface area contributed by atoms with Gasteiger partial charge >= 0.3 is 5.97 Å². The average molecular weight is 282 g/mol. The van der Waals surface area contributed by atoms with E-state index in [4.69, 9.17) is 9.84 Å². The van der Waals surface area contributed by atoms with Gasteiger partial charge in [-0.3, -0.25) is 9.59 Å². The number of phenols is 1. The normalized spacial score (nSPS) is 9.70. The number of phenolic OH excluding ortho intramolecular Hbond substituents is 1. The first-order valence-electron chi connectivity index (χ1n) is 6.38. The Balaban J connectivity index is 0.000000511. The van der Waals surface area contributed by atoms with Crippen LogP contribution in [0.1, 0.15) is 43.6 Å². The minimum atomic E-state index is -0.741. The first-order valence-corrected chi connectivity index (χ1v) is 6.38. The summed E-state index contributed by atoms with van der Waals surface area (Å²) in [6.45, 7) is 6.71. The number of hydrogen-bond acceptors (Lipinski definition) is 4. The molecule has 2 N–H and O–H groups in total. The van der Waals surface area contributed by atoms with Gasteiger partial charge in [0.1, 0.15) is 0 Å². The largest absolute Gasteiger partial charge is 0.504 e. The zero-order chi connectivity index (χ0) is 15.9. The number of aliphatic carboxylic acids is 1. The lowest BCUT2D eigenvalue weighted by Crippen LogP contribution is -2.03. The molecule has 0 saturated heterocycles. The summed E-state index contributed by atoms with van der Waals surface area (Å²) in [5, 5.41) is 17.5. The van der Waals surface area contributed by atoms with E-state index >= 15 is 0 Å². The maximum absolute atomic E-state index is 11.3. The van der Waals surface area contributed by atoms with E-state index in [-0.39, 0.29) is 17.5 Å². The van der Waals surface area contributed by atoms with Gasteiger partial charge in [-0.25, -0.2) is 0 Å². The third-order valence-electron chi connectivity index (χ3n) is 2.67. The summed E-state index contributed by atoms with van der Waals surface area (Å²) in [6, 6.07) is 3.10. The topological polar surface area (TPSA) is 83.8 Å². The smallest absolute Gasteiger partial charge is 0.305 e. The zero-order valence-corrected chi connectivity index (χ0v) is 12.6. The lowest BCUT2D eigenvalue weighted by Gasteiger charge is -2.11. The second-order valence-corrected chi connectivity index (χ2v) is 4.55. The highest BCUT2D eigenvalue weighted by atomic mass is 16.5. The number of carboxylic acid groups (broad SMARTS) is 1. The van der Waals surface area contributed by atoms with Gasteiger partial charge < -0.3 is 14.9 Å². The van der Waals surface area contributed by atoms with Crippen LogP contribution < -0.4 is 4.74 Å². The summed E-state index contributed by atoms with van der Waals surface area (Å²) < 4.78 is 5.06. The molecule has 0 saturated carbocycles. The predicted octanol–water partition coefficient (Wildman–Crippen LogP) is 2.89. The summed E-state index contributed by atoms with van der Waals surface area (Å²) in [5.41, 5.74) is 1.38. The molecule has 20 heavy (non-hydrogen) atoms. The second-order valence-electron chi connectivity index (χ2n) is 4.55. The number of hydrogen-bond donors (Lipinski definition) is 2. The van der Waals surface area contributed by atoms with Crippen molar-refractivity contribution < 1.29 is 24.5 Å². The molecule has 0 radical (unpaired) electrons. The Bertz CT molecular complexity index is 477. The molecule has 0 fully saturated rings. The fourth-order valence-corrected chi connectivity index (χ4v) is 1.52. The highest BCUT2D eigenvalue weighted by Gasteiger charge is 2.14. The summed E-state index contributed by atoms with van der Waals surface area (Å²) in [4.78, 5) is 21.0. The van der Waals surface area contributed by atoms with Crippen molar-refractivity contribution in [2.24, 2.45) is 5.92 Å². The number of carboxylic acids is 1. The van der Waals surface area contributed by atoms with E-state index in [1.807, 2.05) is 6.92 Å². The van der Waals surface area contributed by atoms with Crippen molar-refractivity contribution in [3.63, 3.8) is 0 Å². The predicted molar refractivity (Wildman–Crippen MR) is 76.5 cm³/mol. The van der Waals surface area contributed by atoms with Crippen LogP contribution in [0.2, 0.25) is 0 Å². The first-order chi connectivity index (χ1) is 9.26. The highest BCUT2D eigenvalue weighted by molar-refractivity contribution is 5.96. The van der Waals surface area contributed by atoms with Gasteiger partial charge in [-0.15, -0.1) is 0 Å². The number of ether oxygens (including phenoxy) is 1. The summed E-state index contributed by atoms with van der Waals surface area (Å²) >= 11 is 0. The third-order valence-corrected chi connectivity index (χ3v) is 2.67. The van der Waals surface area contributed by atoms with Crippen molar-refractivity contribution in [2.75, 3.05) is 7.11 Å². The van der Waals surface area contributed by atoms with Gasteiger partial charge in [0.25, 0.3) is 0 Å². The third kappa shape index (κ3) is 4.91. The van der Waals surface area contributed by atoms with E-state index in [9.17, 15) is 14.7 Å². The molecular weight excluding hydrogens is 260 g/mol. The van der Waals surface area contributed by atoms with Crippen LogP contribution in [0.15, 0.2) is 12.1 Å². The van der Waals surface area contributed by atoms with Crippen LogP contribution in [0.3, 0.4) is 0 Å². The number of benzene rings is 1. The Morgan fingerprint density at radius 1 is 1.30 bits per heavy atom. The van der Waals surface area contributed by atoms with Crippen molar-refractivity contribution in [1.82, 2.24) is 0 Å². The lowest BCUT2D eigenvalue weighted by molar-refractivity contribution is -0.140. The minimum Gasteiger partial charge on any atom is -0.504 e. The quantitative estimate of drug-likeness (QED) is 0.829. The molecule has 0 aliphatic heterocycles. The lowest BCUT2D eigenvalue weighted by atomic mass is 10.0. The Morgan fingerprint density at radius 2 is 1.80 bits per heavy atom. The van der Waals surface area contributed by atoms with E-state index in [0.717, 1.165) is 5.56 Å². The molecule has 0 amide bonds. The van der Waals surface area contributed by atoms with Crippen LogP contribution in [-0.4, -0.2) is 29.1 Å². The Labute approximate surface area is 119 Å². The molecule has 1 aromatic rings. The molecule has 1 rings (SSSR count). The molecule has 0 aliphatic rings. The standard InChI is InChI=1S/C11H14O3.C4H8O2/c1-4-8-9(7(2)12)5-6-10(13)11(8)14-3;1-3(2)4(5)6/h5-6,13H,4H2,1-3H3;3H,1-2H3,(H,5,6). The van der Waals surface area contributed by atoms with E-state index in [0.29, 0.717) is 17.7 Å². The second kappa shape index (κ2) is 8.19. The van der Waals surface area contributed by atoms with E-state index in [2.05, 4.69) is 0 Å². The van der Waals surface area contributed by atoms with Crippen molar-refractivity contribution in [3.05, 3.63) is 23.3 Å². The number of aromatic hydroxyl groups is 1. The molecule has 5 nitrogen and oxygen atoms in total. The maximum atomic E-state index is 11.3. The SMILES string of the molecule is CC(C)C(=O)O.CCc1c(C(C)=O)ccc(O)c1OC. The summed E-state index contributed by atoms with van der Waals surface area (Å²) in [5.74, 6) is -0.505. The van der Waals surface area contributed by atoms with Crippen LogP contribution in [0, 0.1) is 5.92 Å². The molecule has 0 aromatic heterocycles. The van der Waals surface area contributed by atoms with E-state index in [1.165, 1.54) is 20.1 Å². The number of carbonyl (C=O) groups is 2. The number of rotatable bonds is 4. The van der Waals surface area contributed by atoms with Crippen molar-refractivity contribution in [1.29, 1.82) is 0 Å². The molecule has 0 unspecified atom stereocenters. The monoisotopic (exact) mass is 282 g/mol. The maximum Gasteiger partial charge on any atom is 0.305 e. The van der Waals surface area contributed by atoms with E-state index < -0.39 is 5.97 Å². The van der Waals surface area contributed by atoms with Gasteiger partial charge in [0.15, 0.2) is 17.3 Å². The van der Waals surface area contributed by atoms with Crippen LogP contribution in [0.4, 0.5) is 0 Å². The van der Waals surface area contributed by atoms with Gasteiger partial charge in [0.2, 0.25) is 0 Å². The molecule has 0 bridgehead atoms. The molecule has 0 heterocycles. The fraction of sp³-hybridized carbons (Fsp3) is 0.467. The molecule has 1 aromatic carbocycles. The number of ketones is 1. The number of methoxy groups -OCH3 is 1. The minimum absolute atomic E-state index is 0.0137. The van der Waals surface area contributed by atoms with Crippen LogP contribution in [0.25, 0.3) is 0 Å². The summed E-state index contributed by atoms with van der Waals surface area (Å²) in [6.07, 6.45) is 0.659. The van der Waals surface area contributed by atoms with Gasteiger partial charge in [-0.1, -0.05) is 20.8 Å². The molecule has 5 heteroatoms. The van der Waals surface area contributed by atoms with Crippen molar-refractivity contribution in [2.45, 2.75) is 34.1 Å². The Kier molecular flexibility index (Phi) is 7.36. The molecule has 0 spiro atoms. The number of Topliss-reactive ketones (excluding diaryl/α,β-unsaturated/α-hetero) is 1. The van der Waals surface area contributed by atoms with Crippen LogP contribution in [-0.2, 0) is 11.2 Å². The molecule has 0 aliphatic carbocycles. The van der Waals surface area contributed by atoms with Crippen molar-refractivity contribution in [3.8, 4) is 11.5 Å². The zero-order valence-electron chi connectivity index (χ0n) is 12.6. The average Bonchev–Trinajstić information content (AvgIpc) is 2.38. The van der Waals surface area contributed by atoms with Gasteiger partial charge in [0, 0.05) is 11.1 Å². The van der Waals surface area contributed by atoms with E-state index in [1.54, 1.807) is 19.9 Å². The molecular formula is C15H22O5. The molecule has 112 valence electrons. The van der Waals surface area contributed by atoms with Gasteiger partial charge in [0.05, 0.1) is 13.0 Å². The summed E-state index contributed by atoms with van der Waals surface area (Å²) in [7, 11) is 1.48. The molecule has 0 atom stereocenters. The van der Waals surface area contributed by atoms with Crippen LogP contribution in [0.5, 0.6) is 11.5 Å².